The van der Waals surface area contributed by atoms with Crippen molar-refractivity contribution in [1.82, 2.24) is 0 Å². The lowest BCUT2D eigenvalue weighted by Crippen LogP contribution is -2.54. The van der Waals surface area contributed by atoms with E-state index in [1.807, 2.05) is 0 Å². The van der Waals surface area contributed by atoms with E-state index in [9.17, 15) is 5.11 Å². The van der Waals surface area contributed by atoms with Crippen molar-refractivity contribution in [3.8, 4) is 0 Å². The monoisotopic (exact) mass is 447 g/mol. The van der Waals surface area contributed by atoms with Crippen molar-refractivity contribution >= 4 is 16.6 Å². The van der Waals surface area contributed by atoms with Crippen molar-refractivity contribution in [1.29, 1.82) is 0 Å². The maximum atomic E-state index is 9.98. The maximum Gasteiger partial charge on any atom is 0.192 e. The Hall–Kier alpha value is -0.456. The smallest absolute Gasteiger partial charge is 0.192 e. The van der Waals surface area contributed by atoms with E-state index in [4.69, 9.17) is 23.9 Å². The normalized spacial score (nSPS) is 26.4. The zero-order valence-corrected chi connectivity index (χ0v) is 21.9. The molecular weight excluding hydrogens is 406 g/mol. The number of rotatable bonds is 9. The quantitative estimate of drug-likeness (QED) is 0.179. The summed E-state index contributed by atoms with van der Waals surface area (Å²) in [5, 5.41) is 13.5. The molecule has 1 fully saturated rings. The van der Waals surface area contributed by atoms with E-state index < -0.39 is 41.2 Å². The van der Waals surface area contributed by atoms with E-state index in [0.717, 1.165) is 0 Å². The summed E-state index contributed by atoms with van der Waals surface area (Å²) in [5.74, 6) is 0. The first kappa shape index (κ1) is 26.6. The van der Waals surface area contributed by atoms with E-state index in [0.29, 0.717) is 0 Å². The summed E-state index contributed by atoms with van der Waals surface area (Å²) in [4.78, 5) is 2.75. The summed E-state index contributed by atoms with van der Waals surface area (Å²) < 4.78 is 25.3. The number of hydrogen-bond donors (Lipinski definition) is 1. The standard InChI is InChI=1S/C19H41N3O5Si2/c1-18(2,3)28(7,8)26-15-14(13-23)25-17(24-12-11-21-22-20)16(15)27-29(9,10)19(4,5)6/h14-17,23H,11-13H2,1-10H3/t14-,15-,16+,17+/m1/s1. The van der Waals surface area contributed by atoms with Gasteiger partial charge in [-0.05, 0) is 41.8 Å². The molecule has 1 rings (SSSR count). The second-order valence-electron chi connectivity index (χ2n) is 10.7. The highest BCUT2D eigenvalue weighted by Crippen LogP contribution is 2.43. The summed E-state index contributed by atoms with van der Waals surface area (Å²) in [6.07, 6.45) is -2.07. The molecule has 0 bridgehead atoms. The van der Waals surface area contributed by atoms with Crippen LogP contribution in [-0.2, 0) is 18.3 Å². The molecule has 1 N–H and O–H groups in total. The predicted molar refractivity (Wildman–Crippen MR) is 120 cm³/mol. The van der Waals surface area contributed by atoms with Crippen molar-refractivity contribution in [2.75, 3.05) is 19.8 Å². The van der Waals surface area contributed by atoms with Crippen LogP contribution >= 0.6 is 0 Å². The lowest BCUT2D eigenvalue weighted by atomic mass is 10.1. The summed E-state index contributed by atoms with van der Waals surface area (Å²) in [6.45, 7) is 22.1. The van der Waals surface area contributed by atoms with Crippen LogP contribution in [-0.4, -0.2) is 66.1 Å². The molecule has 0 unspecified atom stereocenters. The number of nitrogens with zero attached hydrogens (tertiary/aromatic N) is 3. The SMILES string of the molecule is CC(C)(C)[Si](C)(C)O[C@@H]1[C@@H](OCCN=[N+]=[N-])O[C@H](CO)[C@H]1O[Si](C)(C)C(C)(C)C. The lowest BCUT2D eigenvalue weighted by Gasteiger charge is -2.43. The minimum Gasteiger partial charge on any atom is -0.408 e. The van der Waals surface area contributed by atoms with E-state index in [1.54, 1.807) is 0 Å². The number of ether oxygens (including phenoxy) is 2. The van der Waals surface area contributed by atoms with Gasteiger partial charge in [0.25, 0.3) is 0 Å². The molecule has 1 aliphatic rings. The second kappa shape index (κ2) is 9.78. The molecule has 10 heteroatoms. The van der Waals surface area contributed by atoms with Crippen molar-refractivity contribution < 1.29 is 23.4 Å². The molecule has 1 saturated heterocycles. The van der Waals surface area contributed by atoms with Gasteiger partial charge < -0.3 is 23.4 Å². The van der Waals surface area contributed by atoms with Crippen LogP contribution in [0.3, 0.4) is 0 Å². The van der Waals surface area contributed by atoms with Crippen molar-refractivity contribution in [3.63, 3.8) is 0 Å². The van der Waals surface area contributed by atoms with E-state index >= 15 is 0 Å². The number of aliphatic hydroxyl groups excluding tert-OH is 1. The highest BCUT2D eigenvalue weighted by atomic mass is 28.4. The van der Waals surface area contributed by atoms with E-state index in [2.05, 4.69) is 77.8 Å². The number of hydrogen-bond acceptors (Lipinski definition) is 6. The van der Waals surface area contributed by atoms with Crippen LogP contribution in [0.5, 0.6) is 0 Å². The third kappa shape index (κ3) is 6.76. The van der Waals surface area contributed by atoms with E-state index in [-0.39, 0.29) is 29.8 Å². The van der Waals surface area contributed by atoms with Crippen LogP contribution in [0.4, 0.5) is 0 Å². The molecule has 0 saturated carbocycles. The van der Waals surface area contributed by atoms with Crippen LogP contribution in [0.2, 0.25) is 36.3 Å². The molecule has 170 valence electrons. The molecule has 29 heavy (non-hydrogen) atoms. The first-order valence-electron chi connectivity index (χ1n) is 10.3. The summed E-state index contributed by atoms with van der Waals surface area (Å²) in [7, 11) is -4.30. The predicted octanol–water partition coefficient (Wildman–Crippen LogP) is 4.81. The number of azide groups is 1. The Morgan fingerprint density at radius 3 is 1.86 bits per heavy atom. The molecule has 0 amide bonds. The van der Waals surface area contributed by atoms with Gasteiger partial charge in [-0.15, -0.1) is 0 Å². The molecule has 4 atom stereocenters. The Balaban J connectivity index is 3.19. The van der Waals surface area contributed by atoms with Crippen LogP contribution in [0.25, 0.3) is 10.4 Å². The maximum absolute atomic E-state index is 9.98. The molecule has 0 spiro atoms. The van der Waals surface area contributed by atoms with Gasteiger partial charge in [0.05, 0.1) is 13.2 Å². The van der Waals surface area contributed by atoms with Gasteiger partial charge in [-0.2, -0.15) is 0 Å². The minimum atomic E-state index is -2.16. The molecule has 8 nitrogen and oxygen atoms in total. The van der Waals surface area contributed by atoms with Gasteiger partial charge in [-0.25, -0.2) is 0 Å². The van der Waals surface area contributed by atoms with Crippen LogP contribution in [0.1, 0.15) is 41.5 Å². The highest BCUT2D eigenvalue weighted by molar-refractivity contribution is 6.74. The fraction of sp³-hybridized carbons (Fsp3) is 1.00. The second-order valence-corrected chi connectivity index (χ2v) is 20.2. The first-order chi connectivity index (χ1) is 13.1. The lowest BCUT2D eigenvalue weighted by molar-refractivity contribution is -0.164. The minimum absolute atomic E-state index is 0.00146. The zero-order valence-electron chi connectivity index (χ0n) is 19.9. The van der Waals surface area contributed by atoms with Gasteiger partial charge in [0.2, 0.25) is 0 Å². The fourth-order valence-electron chi connectivity index (χ4n) is 2.53. The molecule has 0 aromatic carbocycles. The van der Waals surface area contributed by atoms with Crippen molar-refractivity contribution in [2.45, 2.75) is 102 Å². The largest absolute Gasteiger partial charge is 0.408 e. The Kier molecular flexibility index (Phi) is 8.96. The molecule has 0 aliphatic carbocycles. The molecule has 0 radical (unpaired) electrons. The Labute approximate surface area is 178 Å². The van der Waals surface area contributed by atoms with Crippen LogP contribution in [0.15, 0.2) is 5.11 Å². The Morgan fingerprint density at radius 1 is 0.966 bits per heavy atom. The summed E-state index contributed by atoms with van der Waals surface area (Å²) >= 11 is 0. The average molecular weight is 448 g/mol. The van der Waals surface area contributed by atoms with Gasteiger partial charge in [0.1, 0.15) is 18.3 Å². The van der Waals surface area contributed by atoms with Gasteiger partial charge in [0, 0.05) is 11.5 Å². The van der Waals surface area contributed by atoms with Crippen molar-refractivity contribution in [2.24, 2.45) is 5.11 Å². The van der Waals surface area contributed by atoms with Crippen LogP contribution in [0, 0.1) is 0 Å². The fourth-order valence-corrected chi connectivity index (χ4v) is 5.13. The number of aliphatic hydroxyl groups is 1. The summed E-state index contributed by atoms with van der Waals surface area (Å²) in [6, 6.07) is 0. The zero-order chi connectivity index (χ0) is 22.7. The molecule has 1 heterocycles. The molecule has 1 aliphatic heterocycles. The van der Waals surface area contributed by atoms with Gasteiger partial charge in [-0.3, -0.25) is 0 Å². The topological polar surface area (TPSA) is 106 Å². The average Bonchev–Trinajstić information content (AvgIpc) is 2.85. The summed E-state index contributed by atoms with van der Waals surface area (Å²) in [5.41, 5.74) is 8.48. The third-order valence-corrected chi connectivity index (χ3v) is 15.4. The van der Waals surface area contributed by atoms with Crippen molar-refractivity contribution in [3.05, 3.63) is 10.4 Å². The first-order valence-corrected chi connectivity index (χ1v) is 16.1. The third-order valence-electron chi connectivity index (χ3n) is 6.46. The van der Waals surface area contributed by atoms with Crippen LogP contribution < -0.4 is 0 Å². The molecule has 0 aromatic heterocycles. The van der Waals surface area contributed by atoms with Gasteiger partial charge >= 0.3 is 0 Å². The van der Waals surface area contributed by atoms with Gasteiger partial charge in [0.15, 0.2) is 22.9 Å². The molecule has 0 aromatic rings. The Morgan fingerprint density at radius 2 is 1.45 bits per heavy atom. The molecular formula is C19H41N3O5Si2. The van der Waals surface area contributed by atoms with E-state index in [1.165, 1.54) is 0 Å². The Bertz CT molecular complexity index is 583. The highest BCUT2D eigenvalue weighted by Gasteiger charge is 2.53. The van der Waals surface area contributed by atoms with Gasteiger partial charge in [-0.1, -0.05) is 46.7 Å².